The maximum Gasteiger partial charge on any atom is 0.175 e. The molecule has 1 heterocycles. The van der Waals surface area contributed by atoms with E-state index in [2.05, 4.69) is 11.9 Å². The van der Waals surface area contributed by atoms with Crippen molar-refractivity contribution in [3.8, 4) is 0 Å². The number of benzene rings is 1. The van der Waals surface area contributed by atoms with Crippen LogP contribution in [-0.2, 0) is 35.8 Å². The number of thiazole rings is 1. The molecule has 1 aliphatic carbocycles. The van der Waals surface area contributed by atoms with Crippen molar-refractivity contribution in [3.05, 3.63) is 45.4 Å². The van der Waals surface area contributed by atoms with Crippen LogP contribution in [0.25, 0.3) is 0 Å². The third kappa shape index (κ3) is 4.19. The third-order valence-corrected chi connectivity index (χ3v) is 6.37. The number of fused-ring (bicyclic) bond motifs is 1. The first-order valence-electron chi connectivity index (χ1n) is 7.87. The molecule has 0 atom stereocenters. The van der Waals surface area contributed by atoms with Crippen molar-refractivity contribution < 1.29 is 8.42 Å². The highest BCUT2D eigenvalue weighted by atomic mass is 32.2. The Hall–Kier alpha value is -1.24. The van der Waals surface area contributed by atoms with Crippen LogP contribution in [0.15, 0.2) is 29.2 Å². The van der Waals surface area contributed by atoms with E-state index in [-0.39, 0.29) is 0 Å². The van der Waals surface area contributed by atoms with Crippen molar-refractivity contribution in [2.24, 2.45) is 0 Å². The summed E-state index contributed by atoms with van der Waals surface area (Å²) in [4.78, 5) is 8.84. The fraction of sp³-hybridized carbons (Fsp3) is 0.471. The van der Waals surface area contributed by atoms with E-state index in [9.17, 15) is 8.42 Å². The molecule has 0 N–H and O–H groups in total. The lowest BCUT2D eigenvalue weighted by atomic mass is 10.0. The van der Waals surface area contributed by atoms with Gasteiger partial charge in [0, 0.05) is 17.7 Å². The van der Waals surface area contributed by atoms with E-state index in [1.165, 1.54) is 41.1 Å². The Morgan fingerprint density at radius 2 is 1.83 bits per heavy atom. The zero-order chi connectivity index (χ0) is 16.4. The van der Waals surface area contributed by atoms with Gasteiger partial charge >= 0.3 is 0 Å². The highest BCUT2D eigenvalue weighted by Crippen LogP contribution is 2.27. The fourth-order valence-electron chi connectivity index (χ4n) is 2.91. The second-order valence-corrected chi connectivity index (χ2v) is 9.46. The van der Waals surface area contributed by atoms with Gasteiger partial charge in [-0.1, -0.05) is 12.1 Å². The summed E-state index contributed by atoms with van der Waals surface area (Å²) < 4.78 is 23.0. The summed E-state index contributed by atoms with van der Waals surface area (Å²) in [7, 11) is -1.05. The number of aryl methyl sites for hydroxylation is 2. The van der Waals surface area contributed by atoms with Crippen LogP contribution in [0.3, 0.4) is 0 Å². The van der Waals surface area contributed by atoms with Gasteiger partial charge < -0.3 is 0 Å². The second kappa shape index (κ2) is 6.71. The number of sulfone groups is 1. The maximum absolute atomic E-state index is 11.5. The average molecular weight is 351 g/mol. The van der Waals surface area contributed by atoms with Crippen molar-refractivity contribution >= 4 is 21.2 Å². The van der Waals surface area contributed by atoms with E-state index in [0.717, 1.165) is 25.1 Å². The van der Waals surface area contributed by atoms with E-state index >= 15 is 0 Å². The smallest absolute Gasteiger partial charge is 0.175 e. The molecular formula is C17H22N2O2S2. The molecule has 0 saturated heterocycles. The summed E-state index contributed by atoms with van der Waals surface area (Å²) in [6.45, 7) is 1.62. The number of hydrogen-bond donors (Lipinski definition) is 0. The van der Waals surface area contributed by atoms with Crippen molar-refractivity contribution in [2.75, 3.05) is 13.3 Å². The molecule has 0 saturated carbocycles. The van der Waals surface area contributed by atoms with Crippen LogP contribution in [0.5, 0.6) is 0 Å². The molecule has 0 aliphatic heterocycles. The van der Waals surface area contributed by atoms with Crippen LogP contribution < -0.4 is 0 Å². The van der Waals surface area contributed by atoms with Gasteiger partial charge in [0.15, 0.2) is 9.84 Å². The van der Waals surface area contributed by atoms with E-state index in [4.69, 9.17) is 4.98 Å². The molecule has 1 aromatic heterocycles. The molecular weight excluding hydrogens is 328 g/mol. The summed E-state index contributed by atoms with van der Waals surface area (Å²) in [6, 6.07) is 7.14. The lowest BCUT2D eigenvalue weighted by molar-refractivity contribution is 0.318. The standard InChI is InChI=1S/C17H22N2O2S2/c1-19(11-13-7-9-14(10-8-13)23(2,20)21)12-17-18-15-5-3-4-6-16(15)22-17/h7-10H,3-6,11-12H2,1-2H3. The Kier molecular flexibility index (Phi) is 4.85. The van der Waals surface area contributed by atoms with Gasteiger partial charge in [-0.3, -0.25) is 4.90 Å². The Labute approximate surface area is 142 Å². The molecule has 1 aromatic carbocycles. The van der Waals surface area contributed by atoms with Crippen LogP contribution in [-0.4, -0.2) is 31.6 Å². The van der Waals surface area contributed by atoms with Crippen LogP contribution in [0, 0.1) is 0 Å². The Morgan fingerprint density at radius 3 is 2.48 bits per heavy atom. The molecule has 3 rings (SSSR count). The highest BCUT2D eigenvalue weighted by Gasteiger charge is 2.16. The van der Waals surface area contributed by atoms with Gasteiger partial charge in [0.2, 0.25) is 0 Å². The normalized spacial score (nSPS) is 14.9. The van der Waals surface area contributed by atoms with Crippen LogP contribution in [0.2, 0.25) is 0 Å². The summed E-state index contributed by atoms with van der Waals surface area (Å²) in [5, 5.41) is 1.19. The van der Waals surface area contributed by atoms with Crippen LogP contribution >= 0.6 is 11.3 Å². The van der Waals surface area contributed by atoms with E-state index in [1.54, 1.807) is 12.1 Å². The Morgan fingerprint density at radius 1 is 1.13 bits per heavy atom. The minimum absolute atomic E-state index is 0.372. The first kappa shape index (κ1) is 16.6. The van der Waals surface area contributed by atoms with Gasteiger partial charge in [-0.05, 0) is 50.4 Å². The van der Waals surface area contributed by atoms with Gasteiger partial charge in [-0.25, -0.2) is 13.4 Å². The van der Waals surface area contributed by atoms with E-state index in [0.29, 0.717) is 4.90 Å². The topological polar surface area (TPSA) is 50.3 Å². The minimum atomic E-state index is -3.12. The molecule has 4 nitrogen and oxygen atoms in total. The number of nitrogens with zero attached hydrogens (tertiary/aromatic N) is 2. The predicted molar refractivity (Wildman–Crippen MR) is 93.5 cm³/mol. The second-order valence-electron chi connectivity index (χ2n) is 6.27. The van der Waals surface area contributed by atoms with Gasteiger partial charge in [0.05, 0.1) is 17.1 Å². The summed E-state index contributed by atoms with van der Waals surface area (Å²) in [5.74, 6) is 0. The largest absolute Gasteiger partial charge is 0.295 e. The Bertz CT molecular complexity index is 756. The van der Waals surface area contributed by atoms with E-state index < -0.39 is 9.84 Å². The molecule has 1 aliphatic rings. The predicted octanol–water partition coefficient (Wildman–Crippen LogP) is 3.06. The summed E-state index contributed by atoms with van der Waals surface area (Å²) >= 11 is 1.85. The zero-order valence-corrected chi connectivity index (χ0v) is 15.2. The minimum Gasteiger partial charge on any atom is -0.295 e. The lowest BCUT2D eigenvalue weighted by Crippen LogP contribution is -2.17. The Balaban J connectivity index is 1.63. The molecule has 0 unspecified atom stereocenters. The monoisotopic (exact) mass is 350 g/mol. The zero-order valence-electron chi connectivity index (χ0n) is 13.6. The highest BCUT2D eigenvalue weighted by molar-refractivity contribution is 7.90. The van der Waals surface area contributed by atoms with Crippen molar-refractivity contribution in [3.63, 3.8) is 0 Å². The van der Waals surface area contributed by atoms with Gasteiger partial charge in [0.1, 0.15) is 5.01 Å². The summed E-state index contributed by atoms with van der Waals surface area (Å²) in [5.41, 5.74) is 2.42. The molecule has 0 amide bonds. The molecule has 0 spiro atoms. The maximum atomic E-state index is 11.5. The quantitative estimate of drug-likeness (QED) is 0.832. The first-order valence-corrected chi connectivity index (χ1v) is 10.6. The number of aromatic nitrogens is 1. The van der Waals surface area contributed by atoms with Gasteiger partial charge in [0.25, 0.3) is 0 Å². The molecule has 0 radical (unpaired) electrons. The van der Waals surface area contributed by atoms with Crippen molar-refractivity contribution in [2.45, 2.75) is 43.7 Å². The van der Waals surface area contributed by atoms with Gasteiger partial charge in [-0.2, -0.15) is 0 Å². The van der Waals surface area contributed by atoms with Crippen molar-refractivity contribution in [1.29, 1.82) is 0 Å². The van der Waals surface area contributed by atoms with Crippen LogP contribution in [0.4, 0.5) is 0 Å². The lowest BCUT2D eigenvalue weighted by Gasteiger charge is -2.15. The molecule has 2 aromatic rings. The molecule has 0 bridgehead atoms. The fourth-order valence-corrected chi connectivity index (χ4v) is 4.78. The van der Waals surface area contributed by atoms with E-state index in [1.807, 2.05) is 23.5 Å². The third-order valence-electron chi connectivity index (χ3n) is 4.10. The molecule has 23 heavy (non-hydrogen) atoms. The first-order chi connectivity index (χ1) is 10.9. The van der Waals surface area contributed by atoms with Crippen molar-refractivity contribution in [1.82, 2.24) is 9.88 Å². The molecule has 124 valence electrons. The number of rotatable bonds is 5. The molecule has 0 fully saturated rings. The molecule has 6 heteroatoms. The SMILES string of the molecule is CN(Cc1ccc(S(C)(=O)=O)cc1)Cc1nc2c(s1)CCCC2. The number of hydrogen-bond acceptors (Lipinski definition) is 5. The van der Waals surface area contributed by atoms with Gasteiger partial charge in [-0.15, -0.1) is 11.3 Å². The summed E-state index contributed by atoms with van der Waals surface area (Å²) in [6.07, 6.45) is 6.10. The average Bonchev–Trinajstić information content (AvgIpc) is 2.88. The van der Waals surface area contributed by atoms with Crippen LogP contribution in [0.1, 0.15) is 34.0 Å².